The smallest absolute Gasteiger partial charge is 0.259 e. The number of hydrogen-bond donors (Lipinski definition) is 3. The molecule has 1 fully saturated rings. The van der Waals surface area contributed by atoms with E-state index in [0.717, 1.165) is 12.8 Å². The third-order valence-electron chi connectivity index (χ3n) is 3.34. The first kappa shape index (κ1) is 12.5. The number of aryl methyl sites for hydroxylation is 1. The molecule has 3 rings (SSSR count). The van der Waals surface area contributed by atoms with Crippen LogP contribution in [0, 0.1) is 6.92 Å². The van der Waals surface area contributed by atoms with Crippen molar-refractivity contribution < 1.29 is 19.5 Å². The normalized spacial score (nSPS) is 14.2. The standard InChI is InChI=1S/C14H14N2O4/c1-7-11(13(20-16-7)8-5-6-8)15-14(19)9-3-2-4-10(17)12(9)18/h2-4,8,17-18H,5-6H2,1H3,(H,15,19). The Bertz CT molecular complexity index is 674. The van der Waals surface area contributed by atoms with Gasteiger partial charge in [0.05, 0.1) is 5.56 Å². The van der Waals surface area contributed by atoms with Crippen molar-refractivity contribution in [2.45, 2.75) is 25.7 Å². The summed E-state index contributed by atoms with van der Waals surface area (Å²) in [5.74, 6) is -0.291. The number of anilines is 1. The third kappa shape index (κ3) is 2.09. The molecule has 1 amide bonds. The minimum Gasteiger partial charge on any atom is -0.504 e. The average molecular weight is 274 g/mol. The van der Waals surface area contributed by atoms with Gasteiger partial charge in [-0.15, -0.1) is 0 Å². The summed E-state index contributed by atoms with van der Waals surface area (Å²) in [6, 6.07) is 4.24. The number of nitrogens with one attached hydrogen (secondary N) is 1. The molecule has 0 radical (unpaired) electrons. The fourth-order valence-electron chi connectivity index (χ4n) is 2.06. The van der Waals surface area contributed by atoms with E-state index in [9.17, 15) is 15.0 Å². The van der Waals surface area contributed by atoms with E-state index in [2.05, 4.69) is 10.5 Å². The molecule has 1 aliphatic rings. The zero-order valence-electron chi connectivity index (χ0n) is 10.9. The van der Waals surface area contributed by atoms with Crippen LogP contribution in [-0.2, 0) is 0 Å². The van der Waals surface area contributed by atoms with Crippen LogP contribution in [0.4, 0.5) is 5.69 Å². The number of rotatable bonds is 3. The highest BCUT2D eigenvalue weighted by atomic mass is 16.5. The van der Waals surface area contributed by atoms with Gasteiger partial charge in [0.15, 0.2) is 17.3 Å². The quantitative estimate of drug-likeness (QED) is 0.747. The molecular weight excluding hydrogens is 260 g/mol. The molecule has 3 N–H and O–H groups in total. The van der Waals surface area contributed by atoms with Crippen LogP contribution in [0.25, 0.3) is 0 Å². The fourth-order valence-corrected chi connectivity index (χ4v) is 2.06. The van der Waals surface area contributed by atoms with Crippen LogP contribution in [0.2, 0.25) is 0 Å². The number of aromatic hydroxyl groups is 2. The van der Waals surface area contributed by atoms with Gasteiger partial charge < -0.3 is 20.1 Å². The number of phenols is 2. The topological polar surface area (TPSA) is 95.6 Å². The number of hydrogen-bond acceptors (Lipinski definition) is 5. The van der Waals surface area contributed by atoms with Gasteiger partial charge >= 0.3 is 0 Å². The zero-order valence-corrected chi connectivity index (χ0v) is 10.9. The van der Waals surface area contributed by atoms with Crippen molar-refractivity contribution in [3.05, 3.63) is 35.2 Å². The highest BCUT2D eigenvalue weighted by Gasteiger charge is 2.32. The van der Waals surface area contributed by atoms with Crippen LogP contribution < -0.4 is 5.32 Å². The highest BCUT2D eigenvalue weighted by molar-refractivity contribution is 6.07. The molecule has 1 saturated carbocycles. The number of para-hydroxylation sites is 1. The van der Waals surface area contributed by atoms with Gasteiger partial charge in [0.2, 0.25) is 0 Å². The van der Waals surface area contributed by atoms with Crippen molar-refractivity contribution in [1.29, 1.82) is 0 Å². The predicted octanol–water partition coefficient (Wildman–Crippen LogP) is 2.52. The number of amides is 1. The molecular formula is C14H14N2O4. The molecule has 0 atom stereocenters. The van der Waals surface area contributed by atoms with E-state index < -0.39 is 11.7 Å². The molecule has 6 heteroatoms. The van der Waals surface area contributed by atoms with E-state index in [0.29, 0.717) is 23.1 Å². The molecule has 0 unspecified atom stereocenters. The van der Waals surface area contributed by atoms with Gasteiger partial charge in [0.1, 0.15) is 11.4 Å². The van der Waals surface area contributed by atoms with Gasteiger partial charge in [0, 0.05) is 5.92 Å². The summed E-state index contributed by atoms with van der Waals surface area (Å²) in [6.07, 6.45) is 2.05. The molecule has 0 saturated heterocycles. The molecule has 2 aromatic rings. The lowest BCUT2D eigenvalue weighted by molar-refractivity contribution is 0.102. The Balaban J connectivity index is 1.89. The van der Waals surface area contributed by atoms with Gasteiger partial charge in [0.25, 0.3) is 5.91 Å². The number of carbonyl (C=O) groups is 1. The van der Waals surface area contributed by atoms with Gasteiger partial charge in [-0.2, -0.15) is 0 Å². The molecule has 0 bridgehead atoms. The summed E-state index contributed by atoms with van der Waals surface area (Å²) in [5, 5.41) is 25.7. The first-order chi connectivity index (χ1) is 9.58. The second-order valence-electron chi connectivity index (χ2n) is 4.91. The maximum absolute atomic E-state index is 12.2. The maximum atomic E-state index is 12.2. The van der Waals surface area contributed by atoms with Crippen LogP contribution in [0.15, 0.2) is 22.7 Å². The van der Waals surface area contributed by atoms with E-state index in [1.54, 1.807) is 6.92 Å². The summed E-state index contributed by atoms with van der Waals surface area (Å²) < 4.78 is 5.23. The summed E-state index contributed by atoms with van der Waals surface area (Å²) >= 11 is 0. The molecule has 1 aliphatic carbocycles. The SMILES string of the molecule is Cc1noc(C2CC2)c1NC(=O)c1cccc(O)c1O. The van der Waals surface area contributed by atoms with Crippen molar-refractivity contribution in [3.8, 4) is 11.5 Å². The second-order valence-corrected chi connectivity index (χ2v) is 4.91. The Morgan fingerprint density at radius 3 is 2.85 bits per heavy atom. The van der Waals surface area contributed by atoms with Crippen LogP contribution in [-0.4, -0.2) is 21.3 Å². The molecule has 1 aromatic heterocycles. The van der Waals surface area contributed by atoms with Crippen molar-refractivity contribution in [1.82, 2.24) is 5.16 Å². The second kappa shape index (κ2) is 4.56. The number of benzene rings is 1. The van der Waals surface area contributed by atoms with Gasteiger partial charge in [-0.1, -0.05) is 11.2 Å². The van der Waals surface area contributed by atoms with Crippen LogP contribution in [0.5, 0.6) is 11.5 Å². The Hall–Kier alpha value is -2.50. The Labute approximate surface area is 115 Å². The lowest BCUT2D eigenvalue weighted by atomic mass is 10.1. The van der Waals surface area contributed by atoms with Gasteiger partial charge in [-0.05, 0) is 31.9 Å². The lowest BCUT2D eigenvalue weighted by Gasteiger charge is -2.07. The zero-order chi connectivity index (χ0) is 14.3. The van der Waals surface area contributed by atoms with Crippen LogP contribution in [0.1, 0.15) is 40.6 Å². The van der Waals surface area contributed by atoms with Crippen molar-refractivity contribution in [2.24, 2.45) is 0 Å². The maximum Gasteiger partial charge on any atom is 0.259 e. The highest BCUT2D eigenvalue weighted by Crippen LogP contribution is 2.44. The third-order valence-corrected chi connectivity index (χ3v) is 3.34. The summed E-state index contributed by atoms with van der Waals surface area (Å²) in [6.45, 7) is 1.74. The summed E-state index contributed by atoms with van der Waals surface area (Å²) in [7, 11) is 0. The largest absolute Gasteiger partial charge is 0.504 e. The molecule has 1 aromatic carbocycles. The number of phenolic OH excluding ortho intramolecular Hbond substituents is 2. The molecule has 1 heterocycles. The van der Waals surface area contributed by atoms with Crippen molar-refractivity contribution >= 4 is 11.6 Å². The average Bonchev–Trinajstić information content (AvgIpc) is 3.20. The first-order valence-corrected chi connectivity index (χ1v) is 6.36. The Morgan fingerprint density at radius 1 is 1.40 bits per heavy atom. The Kier molecular flexibility index (Phi) is 2.85. The van der Waals surface area contributed by atoms with Crippen molar-refractivity contribution in [2.75, 3.05) is 5.32 Å². The minimum absolute atomic E-state index is 0.00680. The summed E-state index contributed by atoms with van der Waals surface area (Å²) in [5.41, 5.74) is 1.16. The van der Waals surface area contributed by atoms with Crippen LogP contribution in [0.3, 0.4) is 0 Å². The minimum atomic E-state index is -0.508. The monoisotopic (exact) mass is 274 g/mol. The lowest BCUT2D eigenvalue weighted by Crippen LogP contribution is -2.13. The molecule has 104 valence electrons. The van der Waals surface area contributed by atoms with E-state index in [1.807, 2.05) is 0 Å². The molecule has 20 heavy (non-hydrogen) atoms. The summed E-state index contributed by atoms with van der Waals surface area (Å²) in [4.78, 5) is 12.2. The number of carbonyl (C=O) groups excluding carboxylic acids is 1. The molecule has 6 nitrogen and oxygen atoms in total. The van der Waals surface area contributed by atoms with Gasteiger partial charge in [-0.25, -0.2) is 0 Å². The van der Waals surface area contributed by atoms with E-state index in [4.69, 9.17) is 4.52 Å². The predicted molar refractivity (Wildman–Crippen MR) is 70.9 cm³/mol. The Morgan fingerprint density at radius 2 is 2.15 bits per heavy atom. The fraction of sp³-hybridized carbons (Fsp3) is 0.286. The van der Waals surface area contributed by atoms with Crippen LogP contribution >= 0.6 is 0 Å². The van der Waals surface area contributed by atoms with E-state index in [-0.39, 0.29) is 11.3 Å². The van der Waals surface area contributed by atoms with Crippen molar-refractivity contribution in [3.63, 3.8) is 0 Å². The first-order valence-electron chi connectivity index (χ1n) is 6.36. The van der Waals surface area contributed by atoms with Gasteiger partial charge in [-0.3, -0.25) is 4.79 Å². The number of nitrogens with zero attached hydrogens (tertiary/aromatic N) is 1. The molecule has 0 spiro atoms. The van der Waals surface area contributed by atoms with E-state index in [1.165, 1.54) is 18.2 Å². The molecule has 0 aliphatic heterocycles. The van der Waals surface area contributed by atoms with E-state index >= 15 is 0 Å². The number of aromatic nitrogens is 1.